The molecule has 1 atom stereocenters. The monoisotopic (exact) mass is 453 g/mol. The average Bonchev–Trinajstić information content (AvgIpc) is 2.86. The lowest BCUT2D eigenvalue weighted by Gasteiger charge is -2.25. The van der Waals surface area contributed by atoms with Crippen LogP contribution in [0.2, 0.25) is 0 Å². The standard InChI is InChI=1S/C27H35NO5/c1-7-9-10-18(8-2)17-28-22-15-21(31-4)16-23(32-5)24(22)26(29)27(33-6)25(28)19-11-13-20(30-3)14-12-19/h11-16,18H,7-10,17H2,1-6H3. The second-order valence-corrected chi connectivity index (χ2v) is 8.19. The highest BCUT2D eigenvalue weighted by atomic mass is 16.5. The van der Waals surface area contributed by atoms with Gasteiger partial charge in [-0.2, -0.15) is 0 Å². The summed E-state index contributed by atoms with van der Waals surface area (Å²) in [5.74, 6) is 2.63. The summed E-state index contributed by atoms with van der Waals surface area (Å²) in [5, 5.41) is 0.498. The summed E-state index contributed by atoms with van der Waals surface area (Å²) in [4.78, 5) is 13.7. The smallest absolute Gasteiger partial charge is 0.235 e. The third kappa shape index (κ3) is 4.95. The number of hydrogen-bond acceptors (Lipinski definition) is 5. The number of aromatic nitrogens is 1. The molecule has 0 amide bonds. The van der Waals surface area contributed by atoms with Crippen molar-refractivity contribution in [2.45, 2.75) is 46.1 Å². The summed E-state index contributed by atoms with van der Waals surface area (Å²) in [5.41, 5.74) is 2.22. The second kappa shape index (κ2) is 11.1. The van der Waals surface area contributed by atoms with E-state index in [4.69, 9.17) is 18.9 Å². The van der Waals surface area contributed by atoms with E-state index in [9.17, 15) is 4.79 Å². The van der Waals surface area contributed by atoms with Gasteiger partial charge < -0.3 is 23.5 Å². The average molecular weight is 454 g/mol. The topological polar surface area (TPSA) is 58.9 Å². The molecule has 0 fully saturated rings. The van der Waals surface area contributed by atoms with Gasteiger partial charge in [0.2, 0.25) is 5.43 Å². The molecule has 1 unspecified atom stereocenters. The van der Waals surface area contributed by atoms with Gasteiger partial charge in [0.05, 0.1) is 45.0 Å². The Morgan fingerprint density at radius 3 is 2.12 bits per heavy atom. The van der Waals surface area contributed by atoms with Gasteiger partial charge in [0.1, 0.15) is 17.2 Å². The molecule has 178 valence electrons. The molecule has 1 heterocycles. The van der Waals surface area contributed by atoms with E-state index in [2.05, 4.69) is 18.4 Å². The van der Waals surface area contributed by atoms with Crippen LogP contribution in [0.1, 0.15) is 39.5 Å². The number of fused-ring (bicyclic) bond motifs is 1. The number of rotatable bonds is 11. The lowest BCUT2D eigenvalue weighted by Crippen LogP contribution is -2.20. The van der Waals surface area contributed by atoms with Crippen molar-refractivity contribution in [3.05, 3.63) is 46.6 Å². The van der Waals surface area contributed by atoms with Crippen molar-refractivity contribution in [2.24, 2.45) is 5.92 Å². The summed E-state index contributed by atoms with van der Waals surface area (Å²) in [6, 6.07) is 11.4. The minimum Gasteiger partial charge on any atom is -0.497 e. The molecule has 0 N–H and O–H groups in total. The van der Waals surface area contributed by atoms with Crippen LogP contribution < -0.4 is 24.4 Å². The highest BCUT2D eigenvalue weighted by Gasteiger charge is 2.24. The number of pyridine rings is 1. The minimum atomic E-state index is -0.198. The molecule has 0 aliphatic heterocycles. The first-order valence-electron chi connectivity index (χ1n) is 11.5. The van der Waals surface area contributed by atoms with Gasteiger partial charge in [0, 0.05) is 24.2 Å². The first-order valence-corrected chi connectivity index (χ1v) is 11.5. The zero-order valence-electron chi connectivity index (χ0n) is 20.6. The summed E-state index contributed by atoms with van der Waals surface area (Å²) >= 11 is 0. The first kappa shape index (κ1) is 24.5. The summed E-state index contributed by atoms with van der Waals surface area (Å²) in [7, 11) is 6.37. The third-order valence-corrected chi connectivity index (χ3v) is 6.27. The molecule has 0 radical (unpaired) electrons. The molecular weight excluding hydrogens is 418 g/mol. The molecule has 0 aliphatic carbocycles. The Bertz CT molecular complexity index is 1130. The molecule has 3 rings (SSSR count). The number of methoxy groups -OCH3 is 4. The molecular formula is C27H35NO5. The predicted molar refractivity (Wildman–Crippen MR) is 133 cm³/mol. The van der Waals surface area contributed by atoms with Crippen molar-refractivity contribution in [2.75, 3.05) is 28.4 Å². The normalized spacial score (nSPS) is 11.9. The maximum absolute atomic E-state index is 13.7. The van der Waals surface area contributed by atoms with Crippen LogP contribution in [0.15, 0.2) is 41.2 Å². The van der Waals surface area contributed by atoms with Crippen LogP contribution in [-0.4, -0.2) is 33.0 Å². The largest absolute Gasteiger partial charge is 0.497 e. The van der Waals surface area contributed by atoms with Gasteiger partial charge >= 0.3 is 0 Å². The Hall–Kier alpha value is -3.15. The lowest BCUT2D eigenvalue weighted by atomic mass is 9.97. The molecule has 6 nitrogen and oxygen atoms in total. The molecule has 1 aromatic heterocycles. The van der Waals surface area contributed by atoms with Crippen molar-refractivity contribution in [3.63, 3.8) is 0 Å². The van der Waals surface area contributed by atoms with Gasteiger partial charge in [-0.15, -0.1) is 0 Å². The molecule has 0 bridgehead atoms. The Kier molecular flexibility index (Phi) is 8.26. The fourth-order valence-corrected chi connectivity index (χ4v) is 4.35. The molecule has 2 aromatic carbocycles. The van der Waals surface area contributed by atoms with Crippen molar-refractivity contribution in [1.29, 1.82) is 0 Å². The maximum atomic E-state index is 13.7. The quantitative estimate of drug-likeness (QED) is 0.361. The Morgan fingerprint density at radius 2 is 1.58 bits per heavy atom. The molecule has 0 saturated carbocycles. The van der Waals surface area contributed by atoms with E-state index in [0.717, 1.165) is 54.8 Å². The van der Waals surface area contributed by atoms with Crippen molar-refractivity contribution >= 4 is 10.9 Å². The fourth-order valence-electron chi connectivity index (χ4n) is 4.35. The van der Waals surface area contributed by atoms with E-state index in [1.54, 1.807) is 34.5 Å². The lowest BCUT2D eigenvalue weighted by molar-refractivity contribution is 0.380. The number of ether oxygens (including phenoxy) is 4. The number of hydrogen-bond donors (Lipinski definition) is 0. The van der Waals surface area contributed by atoms with Crippen molar-refractivity contribution in [3.8, 4) is 34.3 Å². The first-order chi connectivity index (χ1) is 16.0. The van der Waals surface area contributed by atoms with Crippen molar-refractivity contribution < 1.29 is 18.9 Å². The number of nitrogens with zero attached hydrogens (tertiary/aromatic N) is 1. The Labute approximate surface area is 196 Å². The SMILES string of the molecule is CCCCC(CC)Cn1c(-c2ccc(OC)cc2)c(OC)c(=O)c2c(OC)cc(OC)cc21. The highest BCUT2D eigenvalue weighted by Crippen LogP contribution is 2.38. The van der Waals surface area contributed by atoms with E-state index in [1.165, 1.54) is 0 Å². The van der Waals surface area contributed by atoms with Crippen LogP contribution in [0.25, 0.3) is 22.2 Å². The minimum absolute atomic E-state index is 0.198. The summed E-state index contributed by atoms with van der Waals surface area (Å²) in [6.45, 7) is 5.18. The Balaban J connectivity index is 2.41. The third-order valence-electron chi connectivity index (χ3n) is 6.27. The van der Waals surface area contributed by atoms with E-state index in [-0.39, 0.29) is 5.43 Å². The van der Waals surface area contributed by atoms with Crippen molar-refractivity contribution in [1.82, 2.24) is 4.57 Å². The van der Waals surface area contributed by atoms with Crippen LogP contribution in [0.3, 0.4) is 0 Å². The fraction of sp³-hybridized carbons (Fsp3) is 0.444. The van der Waals surface area contributed by atoms with Crippen LogP contribution in [-0.2, 0) is 6.54 Å². The molecule has 0 aliphatic rings. The van der Waals surface area contributed by atoms with Gasteiger partial charge in [-0.05, 0) is 36.6 Å². The van der Waals surface area contributed by atoms with Gasteiger partial charge in [-0.1, -0.05) is 33.1 Å². The number of benzene rings is 2. The molecule has 33 heavy (non-hydrogen) atoms. The van der Waals surface area contributed by atoms with Crippen LogP contribution in [0, 0.1) is 5.92 Å². The van der Waals surface area contributed by atoms with E-state index in [0.29, 0.717) is 28.6 Å². The van der Waals surface area contributed by atoms with E-state index in [1.807, 2.05) is 30.3 Å². The van der Waals surface area contributed by atoms with Crippen LogP contribution in [0.4, 0.5) is 0 Å². The highest BCUT2D eigenvalue weighted by molar-refractivity contribution is 5.92. The molecule has 0 saturated heterocycles. The van der Waals surface area contributed by atoms with Gasteiger partial charge in [0.15, 0.2) is 5.75 Å². The summed E-state index contributed by atoms with van der Waals surface area (Å²) in [6.07, 6.45) is 4.47. The van der Waals surface area contributed by atoms with Gasteiger partial charge in [-0.3, -0.25) is 4.79 Å². The maximum Gasteiger partial charge on any atom is 0.235 e. The Morgan fingerprint density at radius 1 is 0.879 bits per heavy atom. The zero-order chi connectivity index (χ0) is 24.0. The molecule has 0 spiro atoms. The van der Waals surface area contributed by atoms with Gasteiger partial charge in [0.25, 0.3) is 0 Å². The number of unbranched alkanes of at least 4 members (excludes halogenated alkanes) is 1. The summed E-state index contributed by atoms with van der Waals surface area (Å²) < 4.78 is 24.4. The zero-order valence-corrected chi connectivity index (χ0v) is 20.6. The van der Waals surface area contributed by atoms with Crippen LogP contribution >= 0.6 is 0 Å². The predicted octanol–water partition coefficient (Wildman–Crippen LogP) is 5.92. The van der Waals surface area contributed by atoms with E-state index < -0.39 is 0 Å². The van der Waals surface area contributed by atoms with E-state index >= 15 is 0 Å². The molecule has 6 heteroatoms. The van der Waals surface area contributed by atoms with Gasteiger partial charge in [-0.25, -0.2) is 0 Å². The molecule has 3 aromatic rings. The van der Waals surface area contributed by atoms with Crippen LogP contribution in [0.5, 0.6) is 23.0 Å². The second-order valence-electron chi connectivity index (χ2n) is 8.19.